The van der Waals surface area contributed by atoms with E-state index in [0.717, 1.165) is 16.3 Å². The molecule has 1 N–H and O–H groups in total. The highest BCUT2D eigenvalue weighted by Crippen LogP contribution is 2.32. The molecule has 1 atom stereocenters. The van der Waals surface area contributed by atoms with E-state index in [1.54, 1.807) is 13.0 Å². The predicted octanol–water partition coefficient (Wildman–Crippen LogP) is 3.54. The highest BCUT2D eigenvalue weighted by atomic mass is 16.5. The van der Waals surface area contributed by atoms with Crippen molar-refractivity contribution in [1.29, 1.82) is 0 Å². The van der Waals surface area contributed by atoms with Gasteiger partial charge in [-0.2, -0.15) is 0 Å². The Morgan fingerprint density at radius 1 is 1.28 bits per heavy atom. The lowest BCUT2D eigenvalue weighted by Gasteiger charge is -2.34. The van der Waals surface area contributed by atoms with Crippen LogP contribution in [-0.4, -0.2) is 30.6 Å². The number of amides is 2. The first-order chi connectivity index (χ1) is 12.1. The summed E-state index contributed by atoms with van der Waals surface area (Å²) in [6, 6.07) is 13.0. The van der Waals surface area contributed by atoms with Crippen molar-refractivity contribution in [3.8, 4) is 0 Å². The van der Waals surface area contributed by atoms with Crippen molar-refractivity contribution in [2.75, 3.05) is 13.7 Å². The van der Waals surface area contributed by atoms with Gasteiger partial charge in [0.15, 0.2) is 0 Å². The maximum atomic E-state index is 12.5. The minimum atomic E-state index is -0.550. The molecule has 0 unspecified atom stereocenters. The molecule has 0 aliphatic carbocycles. The molecule has 2 amide bonds. The van der Waals surface area contributed by atoms with E-state index in [1.807, 2.05) is 42.5 Å². The van der Waals surface area contributed by atoms with Gasteiger partial charge in [0.2, 0.25) is 0 Å². The first-order valence-electron chi connectivity index (χ1n) is 8.03. The number of carbonyl (C=O) groups is 2. The van der Waals surface area contributed by atoms with Gasteiger partial charge in [0.05, 0.1) is 18.7 Å². The van der Waals surface area contributed by atoms with Crippen molar-refractivity contribution in [3.05, 3.63) is 72.0 Å². The number of fused-ring (bicyclic) bond motifs is 1. The van der Waals surface area contributed by atoms with Gasteiger partial charge in [-0.3, -0.25) is 4.90 Å². The molecule has 0 radical (unpaired) electrons. The van der Waals surface area contributed by atoms with Gasteiger partial charge in [0, 0.05) is 12.2 Å². The SMILES string of the molecule is C=CCN1C(=O)N[C@@H](c2ccc3ccccc3c2)C(C(=O)OC)=C1C. The first kappa shape index (κ1) is 16.8. The van der Waals surface area contributed by atoms with Gasteiger partial charge >= 0.3 is 12.0 Å². The monoisotopic (exact) mass is 336 g/mol. The van der Waals surface area contributed by atoms with Crippen LogP contribution in [0, 0.1) is 0 Å². The Labute approximate surface area is 146 Å². The van der Waals surface area contributed by atoms with E-state index in [4.69, 9.17) is 4.74 Å². The molecule has 5 nitrogen and oxygen atoms in total. The van der Waals surface area contributed by atoms with Gasteiger partial charge in [0.1, 0.15) is 0 Å². The quantitative estimate of drug-likeness (QED) is 0.686. The van der Waals surface area contributed by atoms with E-state index < -0.39 is 12.0 Å². The van der Waals surface area contributed by atoms with Crippen LogP contribution in [-0.2, 0) is 9.53 Å². The Balaban J connectivity index is 2.12. The lowest BCUT2D eigenvalue weighted by molar-refractivity contribution is -0.136. The van der Waals surface area contributed by atoms with Crippen LogP contribution in [0.15, 0.2) is 66.4 Å². The standard InChI is InChI=1S/C20H20N2O3/c1-4-11-22-13(2)17(19(23)25-3)18(21-20(22)24)16-10-9-14-7-5-6-8-15(14)12-16/h4-10,12,18H,1,11H2,2-3H3,(H,21,24)/t18-/m0/s1. The van der Waals surface area contributed by atoms with Gasteiger partial charge in [-0.15, -0.1) is 6.58 Å². The van der Waals surface area contributed by atoms with Crippen molar-refractivity contribution < 1.29 is 14.3 Å². The molecule has 0 saturated carbocycles. The number of rotatable bonds is 4. The van der Waals surface area contributed by atoms with Crippen LogP contribution >= 0.6 is 0 Å². The zero-order valence-corrected chi connectivity index (χ0v) is 14.3. The largest absolute Gasteiger partial charge is 0.466 e. The average molecular weight is 336 g/mol. The summed E-state index contributed by atoms with van der Waals surface area (Å²) in [5.41, 5.74) is 1.85. The fraction of sp³-hybridized carbons (Fsp3) is 0.200. The molecule has 1 aliphatic heterocycles. The summed E-state index contributed by atoms with van der Waals surface area (Å²) in [5.74, 6) is -0.454. The first-order valence-corrected chi connectivity index (χ1v) is 8.03. The van der Waals surface area contributed by atoms with Crippen LogP contribution in [0.2, 0.25) is 0 Å². The van der Waals surface area contributed by atoms with E-state index >= 15 is 0 Å². The number of nitrogens with zero attached hydrogens (tertiary/aromatic N) is 1. The lowest BCUT2D eigenvalue weighted by atomic mass is 9.93. The number of urea groups is 1. The molecule has 2 aromatic carbocycles. The summed E-state index contributed by atoms with van der Waals surface area (Å²) in [6.45, 7) is 5.74. The van der Waals surface area contributed by atoms with Crippen LogP contribution < -0.4 is 5.32 Å². The number of hydrogen-bond donors (Lipinski definition) is 1. The molecule has 0 saturated heterocycles. The van der Waals surface area contributed by atoms with Gasteiger partial charge in [-0.05, 0) is 29.3 Å². The Bertz CT molecular complexity index is 885. The summed E-state index contributed by atoms with van der Waals surface area (Å²) >= 11 is 0. The number of methoxy groups -OCH3 is 1. The minimum Gasteiger partial charge on any atom is -0.466 e. The van der Waals surface area contributed by atoms with Crippen LogP contribution in [0.5, 0.6) is 0 Å². The molecule has 1 heterocycles. The number of benzene rings is 2. The molecule has 0 aromatic heterocycles. The molecular weight excluding hydrogens is 316 g/mol. The maximum absolute atomic E-state index is 12.5. The topological polar surface area (TPSA) is 58.6 Å². The van der Waals surface area contributed by atoms with Crippen molar-refractivity contribution >= 4 is 22.8 Å². The maximum Gasteiger partial charge on any atom is 0.337 e. The summed E-state index contributed by atoms with van der Waals surface area (Å²) < 4.78 is 4.96. The van der Waals surface area contributed by atoms with E-state index in [9.17, 15) is 9.59 Å². The average Bonchev–Trinajstić information content (AvgIpc) is 2.63. The summed E-state index contributed by atoms with van der Waals surface area (Å²) in [5, 5.41) is 5.05. The second-order valence-corrected chi connectivity index (χ2v) is 5.88. The van der Waals surface area contributed by atoms with Crippen molar-refractivity contribution in [3.63, 3.8) is 0 Å². The van der Waals surface area contributed by atoms with E-state index in [1.165, 1.54) is 12.0 Å². The number of carbonyl (C=O) groups excluding carboxylic acids is 2. The number of esters is 1. The molecule has 5 heteroatoms. The molecule has 2 aromatic rings. The highest BCUT2D eigenvalue weighted by molar-refractivity contribution is 5.95. The Hall–Kier alpha value is -3.08. The number of hydrogen-bond acceptors (Lipinski definition) is 3. The fourth-order valence-electron chi connectivity index (χ4n) is 3.14. The van der Waals surface area contributed by atoms with E-state index in [-0.39, 0.29) is 6.03 Å². The van der Waals surface area contributed by atoms with Gasteiger partial charge in [-0.25, -0.2) is 9.59 Å². The zero-order chi connectivity index (χ0) is 18.0. The molecule has 0 spiro atoms. The number of nitrogens with one attached hydrogen (secondary N) is 1. The van der Waals surface area contributed by atoms with Crippen molar-refractivity contribution in [2.24, 2.45) is 0 Å². The summed E-state index contributed by atoms with van der Waals surface area (Å²) in [4.78, 5) is 26.4. The third-order valence-electron chi connectivity index (χ3n) is 4.42. The Morgan fingerprint density at radius 3 is 2.68 bits per heavy atom. The zero-order valence-electron chi connectivity index (χ0n) is 14.3. The van der Waals surface area contributed by atoms with Gasteiger partial charge < -0.3 is 10.1 Å². The molecular formula is C20H20N2O3. The molecule has 1 aliphatic rings. The smallest absolute Gasteiger partial charge is 0.337 e. The molecule has 0 fully saturated rings. The van der Waals surface area contributed by atoms with Crippen molar-refractivity contribution in [2.45, 2.75) is 13.0 Å². The summed E-state index contributed by atoms with van der Waals surface area (Å²) in [7, 11) is 1.34. The lowest BCUT2D eigenvalue weighted by Crippen LogP contribution is -2.47. The van der Waals surface area contributed by atoms with Crippen LogP contribution in [0.4, 0.5) is 4.79 Å². The predicted molar refractivity (Wildman–Crippen MR) is 96.8 cm³/mol. The van der Waals surface area contributed by atoms with Crippen molar-refractivity contribution in [1.82, 2.24) is 10.2 Å². The van der Waals surface area contributed by atoms with Crippen LogP contribution in [0.3, 0.4) is 0 Å². The third-order valence-corrected chi connectivity index (χ3v) is 4.42. The number of ether oxygens (including phenoxy) is 1. The van der Waals surface area contributed by atoms with E-state index in [2.05, 4.69) is 11.9 Å². The fourth-order valence-corrected chi connectivity index (χ4v) is 3.14. The number of allylic oxidation sites excluding steroid dienone is 1. The van der Waals surface area contributed by atoms with E-state index in [0.29, 0.717) is 17.8 Å². The minimum absolute atomic E-state index is 0.261. The van der Waals surface area contributed by atoms with Crippen LogP contribution in [0.1, 0.15) is 18.5 Å². The van der Waals surface area contributed by atoms with Gasteiger partial charge in [0.25, 0.3) is 0 Å². The molecule has 3 rings (SSSR count). The second kappa shape index (κ2) is 6.81. The molecule has 0 bridgehead atoms. The summed E-state index contributed by atoms with van der Waals surface area (Å²) in [6.07, 6.45) is 1.62. The highest BCUT2D eigenvalue weighted by Gasteiger charge is 2.35. The Kier molecular flexibility index (Phi) is 4.57. The third kappa shape index (κ3) is 3.01. The normalized spacial score (nSPS) is 17.4. The Morgan fingerprint density at radius 2 is 2.00 bits per heavy atom. The van der Waals surface area contributed by atoms with Gasteiger partial charge in [-0.1, -0.05) is 42.5 Å². The molecule has 128 valence electrons. The van der Waals surface area contributed by atoms with Crippen LogP contribution in [0.25, 0.3) is 10.8 Å². The molecule has 25 heavy (non-hydrogen) atoms. The second-order valence-electron chi connectivity index (χ2n) is 5.88.